The van der Waals surface area contributed by atoms with Gasteiger partial charge in [-0.25, -0.2) is 0 Å². The van der Waals surface area contributed by atoms with Gasteiger partial charge < -0.3 is 15.8 Å². The maximum absolute atomic E-state index is 12.1. The molecule has 1 aromatic carbocycles. The molecular formula is C12H15IN2O2. The van der Waals surface area contributed by atoms with Gasteiger partial charge in [-0.05, 0) is 54.1 Å². The first-order chi connectivity index (χ1) is 8.00. The first-order valence-corrected chi connectivity index (χ1v) is 6.53. The van der Waals surface area contributed by atoms with Gasteiger partial charge in [0.05, 0.1) is 12.1 Å². The maximum Gasteiger partial charge on any atom is 0.251 e. The van der Waals surface area contributed by atoms with Crippen LogP contribution < -0.4 is 11.1 Å². The molecule has 4 nitrogen and oxygen atoms in total. The van der Waals surface area contributed by atoms with Crippen molar-refractivity contribution in [2.24, 2.45) is 0 Å². The molecule has 17 heavy (non-hydrogen) atoms. The molecule has 0 aromatic heterocycles. The van der Waals surface area contributed by atoms with Crippen LogP contribution >= 0.6 is 22.6 Å². The predicted octanol–water partition coefficient (Wildman–Crippen LogP) is 1.78. The third-order valence-corrected chi connectivity index (χ3v) is 3.83. The number of hydrogen-bond acceptors (Lipinski definition) is 3. The van der Waals surface area contributed by atoms with Crippen molar-refractivity contribution in [2.75, 3.05) is 18.9 Å². The van der Waals surface area contributed by atoms with Crippen LogP contribution in [0.2, 0.25) is 0 Å². The summed E-state index contributed by atoms with van der Waals surface area (Å²) in [5, 5.41) is 3.01. The zero-order valence-corrected chi connectivity index (χ0v) is 11.8. The van der Waals surface area contributed by atoms with E-state index in [1.807, 2.05) is 6.92 Å². The summed E-state index contributed by atoms with van der Waals surface area (Å²) in [5.41, 5.74) is 6.80. The van der Waals surface area contributed by atoms with Crippen molar-refractivity contribution in [3.05, 3.63) is 27.3 Å². The number of amides is 1. The van der Waals surface area contributed by atoms with E-state index < -0.39 is 0 Å². The normalized spacial score (nSPS) is 23.6. The van der Waals surface area contributed by atoms with Crippen LogP contribution in [0.15, 0.2) is 18.2 Å². The molecule has 1 saturated heterocycles. The standard InChI is InChI=1S/C12H15IN2O2/c1-12(4-5-17-7-12)15-11(16)8-2-3-10(14)9(13)6-8/h2-3,6H,4-5,7,14H2,1H3,(H,15,16). The number of ether oxygens (including phenoxy) is 1. The Kier molecular flexibility index (Phi) is 3.58. The maximum atomic E-state index is 12.1. The van der Waals surface area contributed by atoms with Crippen molar-refractivity contribution in [3.8, 4) is 0 Å². The minimum atomic E-state index is -0.246. The highest BCUT2D eigenvalue weighted by Gasteiger charge is 2.31. The van der Waals surface area contributed by atoms with Crippen molar-refractivity contribution in [1.82, 2.24) is 5.32 Å². The van der Waals surface area contributed by atoms with Gasteiger partial charge in [0, 0.05) is 21.4 Å². The molecule has 3 N–H and O–H groups in total. The van der Waals surface area contributed by atoms with Gasteiger partial charge in [0.15, 0.2) is 0 Å². The molecule has 1 amide bonds. The Balaban J connectivity index is 2.11. The Morgan fingerprint density at radius 1 is 1.59 bits per heavy atom. The predicted molar refractivity (Wildman–Crippen MR) is 74.9 cm³/mol. The van der Waals surface area contributed by atoms with E-state index in [0.29, 0.717) is 24.5 Å². The van der Waals surface area contributed by atoms with Crippen LogP contribution in [0.1, 0.15) is 23.7 Å². The number of rotatable bonds is 2. The lowest BCUT2D eigenvalue weighted by Crippen LogP contribution is -2.46. The number of halogens is 1. The number of nitrogens with two attached hydrogens (primary N) is 1. The molecule has 2 rings (SSSR count). The molecule has 0 saturated carbocycles. The highest BCUT2D eigenvalue weighted by atomic mass is 127. The molecule has 0 radical (unpaired) electrons. The molecule has 1 aliphatic heterocycles. The minimum absolute atomic E-state index is 0.0732. The van der Waals surface area contributed by atoms with Crippen LogP contribution in [-0.2, 0) is 4.74 Å². The quantitative estimate of drug-likeness (QED) is 0.634. The zero-order chi connectivity index (χ0) is 12.5. The summed E-state index contributed by atoms with van der Waals surface area (Å²) >= 11 is 2.12. The average Bonchev–Trinajstić information content (AvgIpc) is 2.69. The Morgan fingerprint density at radius 3 is 2.94 bits per heavy atom. The first-order valence-electron chi connectivity index (χ1n) is 5.45. The number of hydrogen-bond donors (Lipinski definition) is 2. The Morgan fingerprint density at radius 2 is 2.35 bits per heavy atom. The lowest BCUT2D eigenvalue weighted by atomic mass is 10.0. The van der Waals surface area contributed by atoms with Gasteiger partial charge in [-0.1, -0.05) is 0 Å². The van der Waals surface area contributed by atoms with Gasteiger partial charge >= 0.3 is 0 Å². The summed E-state index contributed by atoms with van der Waals surface area (Å²) in [4.78, 5) is 12.1. The lowest BCUT2D eigenvalue weighted by Gasteiger charge is -2.23. The average molecular weight is 346 g/mol. The Bertz CT molecular complexity index is 442. The Labute approximate surface area is 114 Å². The summed E-state index contributed by atoms with van der Waals surface area (Å²) in [6.45, 7) is 3.28. The number of carbonyl (C=O) groups is 1. The topological polar surface area (TPSA) is 64.4 Å². The van der Waals surface area contributed by atoms with Gasteiger partial charge in [-0.15, -0.1) is 0 Å². The van der Waals surface area contributed by atoms with Gasteiger partial charge in [0.2, 0.25) is 0 Å². The molecule has 1 heterocycles. The Hall–Kier alpha value is -0.820. The van der Waals surface area contributed by atoms with E-state index in [0.717, 1.165) is 9.99 Å². The van der Waals surface area contributed by atoms with Crippen molar-refractivity contribution in [3.63, 3.8) is 0 Å². The fraction of sp³-hybridized carbons (Fsp3) is 0.417. The summed E-state index contributed by atoms with van der Waals surface area (Å²) in [6.07, 6.45) is 0.852. The fourth-order valence-corrected chi connectivity index (χ4v) is 2.30. The largest absolute Gasteiger partial charge is 0.398 e. The number of anilines is 1. The number of nitrogen functional groups attached to an aromatic ring is 1. The summed E-state index contributed by atoms with van der Waals surface area (Å²) < 4.78 is 6.20. The van der Waals surface area contributed by atoms with Gasteiger partial charge in [0.1, 0.15) is 0 Å². The molecule has 1 atom stereocenters. The van der Waals surface area contributed by atoms with Gasteiger partial charge in [-0.3, -0.25) is 4.79 Å². The van der Waals surface area contributed by atoms with Crippen LogP contribution in [0, 0.1) is 3.57 Å². The van der Waals surface area contributed by atoms with Crippen molar-refractivity contribution in [2.45, 2.75) is 18.9 Å². The summed E-state index contributed by atoms with van der Waals surface area (Å²) in [6, 6.07) is 5.29. The van der Waals surface area contributed by atoms with E-state index in [9.17, 15) is 4.79 Å². The second kappa shape index (κ2) is 4.81. The minimum Gasteiger partial charge on any atom is -0.398 e. The number of carbonyl (C=O) groups excluding carboxylic acids is 1. The molecule has 0 aliphatic carbocycles. The number of nitrogens with one attached hydrogen (secondary N) is 1. The van der Waals surface area contributed by atoms with Crippen LogP contribution in [0.5, 0.6) is 0 Å². The molecule has 5 heteroatoms. The van der Waals surface area contributed by atoms with Crippen molar-refractivity contribution < 1.29 is 9.53 Å². The smallest absolute Gasteiger partial charge is 0.251 e. The highest BCUT2D eigenvalue weighted by Crippen LogP contribution is 2.20. The second-order valence-corrected chi connectivity index (χ2v) is 5.72. The van der Waals surface area contributed by atoms with E-state index in [4.69, 9.17) is 10.5 Å². The summed E-state index contributed by atoms with van der Waals surface area (Å²) in [7, 11) is 0. The number of benzene rings is 1. The zero-order valence-electron chi connectivity index (χ0n) is 9.63. The SMILES string of the molecule is CC1(NC(=O)c2ccc(N)c(I)c2)CCOC1. The molecule has 1 unspecified atom stereocenters. The van der Waals surface area contributed by atoms with Crippen molar-refractivity contribution >= 4 is 34.2 Å². The first kappa shape index (κ1) is 12.6. The molecule has 1 aromatic rings. The van der Waals surface area contributed by atoms with E-state index in [2.05, 4.69) is 27.9 Å². The van der Waals surface area contributed by atoms with Crippen LogP contribution in [0.4, 0.5) is 5.69 Å². The monoisotopic (exact) mass is 346 g/mol. The molecule has 0 spiro atoms. The molecule has 1 aliphatic rings. The highest BCUT2D eigenvalue weighted by molar-refractivity contribution is 14.1. The van der Waals surface area contributed by atoms with Gasteiger partial charge in [0.25, 0.3) is 5.91 Å². The molecule has 92 valence electrons. The third kappa shape index (κ3) is 2.90. The van der Waals surface area contributed by atoms with Crippen LogP contribution in [0.3, 0.4) is 0 Å². The van der Waals surface area contributed by atoms with E-state index in [1.54, 1.807) is 18.2 Å². The lowest BCUT2D eigenvalue weighted by molar-refractivity contribution is 0.0890. The van der Waals surface area contributed by atoms with E-state index in [1.165, 1.54) is 0 Å². The molecular weight excluding hydrogens is 331 g/mol. The van der Waals surface area contributed by atoms with E-state index in [-0.39, 0.29) is 11.4 Å². The molecule has 0 bridgehead atoms. The molecule has 1 fully saturated rings. The summed E-state index contributed by atoms with van der Waals surface area (Å²) in [5.74, 6) is -0.0732. The fourth-order valence-electron chi connectivity index (χ4n) is 1.78. The van der Waals surface area contributed by atoms with E-state index >= 15 is 0 Å². The van der Waals surface area contributed by atoms with Crippen molar-refractivity contribution in [1.29, 1.82) is 0 Å². The van der Waals surface area contributed by atoms with Gasteiger partial charge in [-0.2, -0.15) is 0 Å². The second-order valence-electron chi connectivity index (χ2n) is 4.55. The van der Waals surface area contributed by atoms with Crippen LogP contribution in [0.25, 0.3) is 0 Å². The third-order valence-electron chi connectivity index (χ3n) is 2.90. The van der Waals surface area contributed by atoms with Crippen LogP contribution in [-0.4, -0.2) is 24.7 Å².